The van der Waals surface area contributed by atoms with Crippen molar-refractivity contribution in [1.29, 1.82) is 0 Å². The monoisotopic (exact) mass is 371 g/mol. The lowest BCUT2D eigenvalue weighted by Crippen LogP contribution is -2.29. The number of anilines is 2. The molecule has 2 heterocycles. The molecule has 1 N–H and O–H groups in total. The van der Waals surface area contributed by atoms with E-state index in [0.29, 0.717) is 24.2 Å². The van der Waals surface area contributed by atoms with Gasteiger partial charge < -0.3 is 10.2 Å². The predicted octanol–water partition coefficient (Wildman–Crippen LogP) is 3.77. The molecule has 4 rings (SSSR count). The summed E-state index contributed by atoms with van der Waals surface area (Å²) in [6.45, 7) is 2.64. The van der Waals surface area contributed by atoms with Crippen molar-refractivity contribution >= 4 is 23.2 Å². The molecule has 1 aliphatic heterocycles. The number of hydrogen-bond acceptors (Lipinski definition) is 3. The van der Waals surface area contributed by atoms with Gasteiger partial charge >= 0.3 is 0 Å². The summed E-state index contributed by atoms with van der Waals surface area (Å²) in [5.74, 6) is -0.149. The minimum absolute atomic E-state index is 0.0740. The van der Waals surface area contributed by atoms with Gasteiger partial charge in [-0.2, -0.15) is 0 Å². The van der Waals surface area contributed by atoms with Crippen molar-refractivity contribution in [2.45, 2.75) is 19.8 Å². The molecule has 0 bridgehead atoms. The van der Waals surface area contributed by atoms with Gasteiger partial charge in [-0.3, -0.25) is 14.6 Å². The molecule has 5 heteroatoms. The van der Waals surface area contributed by atoms with E-state index < -0.39 is 0 Å². The molecule has 0 aliphatic carbocycles. The van der Waals surface area contributed by atoms with E-state index in [1.165, 1.54) is 0 Å². The van der Waals surface area contributed by atoms with Crippen LogP contribution in [-0.2, 0) is 17.6 Å². The molecular weight excluding hydrogens is 350 g/mol. The molecule has 1 aromatic heterocycles. The Balaban J connectivity index is 1.50. The predicted molar refractivity (Wildman–Crippen MR) is 110 cm³/mol. The van der Waals surface area contributed by atoms with Gasteiger partial charge in [0.1, 0.15) is 0 Å². The summed E-state index contributed by atoms with van der Waals surface area (Å²) < 4.78 is 0. The Hall–Kier alpha value is -3.47. The van der Waals surface area contributed by atoms with Crippen molar-refractivity contribution < 1.29 is 9.59 Å². The second-order valence-electron chi connectivity index (χ2n) is 7.01. The van der Waals surface area contributed by atoms with Crippen molar-refractivity contribution in [3.63, 3.8) is 0 Å². The van der Waals surface area contributed by atoms with Crippen molar-refractivity contribution in [2.24, 2.45) is 0 Å². The molecule has 140 valence electrons. The standard InChI is InChI=1S/C23H21N3O2/c1-16-4-2-5-17(12-16)13-22(27)25-20-8-7-18-9-11-26(21(18)14-20)23(28)19-6-3-10-24-15-19/h2-8,10,12,14-15H,9,11,13H2,1H3,(H,25,27). The topological polar surface area (TPSA) is 62.3 Å². The summed E-state index contributed by atoms with van der Waals surface area (Å²) in [5.41, 5.74) is 5.32. The number of pyridine rings is 1. The Labute approximate surface area is 164 Å². The van der Waals surface area contributed by atoms with Gasteiger partial charge in [0.05, 0.1) is 12.0 Å². The van der Waals surface area contributed by atoms with Crippen molar-refractivity contribution in [3.05, 3.63) is 89.2 Å². The highest BCUT2D eigenvalue weighted by molar-refractivity contribution is 6.07. The molecule has 2 amide bonds. The fraction of sp³-hybridized carbons (Fsp3) is 0.174. The molecular formula is C23H21N3O2. The van der Waals surface area contributed by atoms with Crippen LogP contribution in [0, 0.1) is 6.92 Å². The van der Waals surface area contributed by atoms with E-state index in [1.54, 1.807) is 29.4 Å². The number of nitrogens with zero attached hydrogens (tertiary/aromatic N) is 2. The Bertz CT molecular complexity index is 1030. The van der Waals surface area contributed by atoms with Crippen molar-refractivity contribution in [1.82, 2.24) is 4.98 Å². The highest BCUT2D eigenvalue weighted by atomic mass is 16.2. The van der Waals surface area contributed by atoms with E-state index >= 15 is 0 Å². The zero-order valence-electron chi connectivity index (χ0n) is 15.7. The highest BCUT2D eigenvalue weighted by Crippen LogP contribution is 2.32. The van der Waals surface area contributed by atoms with Gasteiger partial charge in [0, 0.05) is 30.3 Å². The van der Waals surface area contributed by atoms with E-state index in [2.05, 4.69) is 10.3 Å². The summed E-state index contributed by atoms with van der Waals surface area (Å²) in [5, 5.41) is 2.95. The largest absolute Gasteiger partial charge is 0.326 e. The van der Waals surface area contributed by atoms with Crippen molar-refractivity contribution in [2.75, 3.05) is 16.8 Å². The molecule has 0 saturated carbocycles. The maximum Gasteiger partial charge on any atom is 0.259 e. The van der Waals surface area contributed by atoms with Crippen LogP contribution in [0.1, 0.15) is 27.0 Å². The highest BCUT2D eigenvalue weighted by Gasteiger charge is 2.26. The number of fused-ring (bicyclic) bond motifs is 1. The van der Waals surface area contributed by atoms with Crippen LogP contribution >= 0.6 is 0 Å². The first-order valence-electron chi connectivity index (χ1n) is 9.30. The van der Waals surface area contributed by atoms with Crippen LogP contribution in [0.25, 0.3) is 0 Å². The smallest absolute Gasteiger partial charge is 0.259 e. The van der Waals surface area contributed by atoms with Crippen LogP contribution < -0.4 is 10.2 Å². The van der Waals surface area contributed by atoms with E-state index in [9.17, 15) is 9.59 Å². The molecule has 0 unspecified atom stereocenters. The van der Waals surface area contributed by atoms with Crippen LogP contribution in [0.2, 0.25) is 0 Å². The number of carbonyl (C=O) groups excluding carboxylic acids is 2. The Morgan fingerprint density at radius 3 is 2.79 bits per heavy atom. The van der Waals surface area contributed by atoms with Gasteiger partial charge in [0.15, 0.2) is 0 Å². The lowest BCUT2D eigenvalue weighted by Gasteiger charge is -2.18. The van der Waals surface area contributed by atoms with E-state index in [4.69, 9.17) is 0 Å². The molecule has 0 saturated heterocycles. The van der Waals surface area contributed by atoms with Crippen LogP contribution in [0.4, 0.5) is 11.4 Å². The summed E-state index contributed by atoms with van der Waals surface area (Å²) in [4.78, 5) is 31.0. The number of amides is 2. The second-order valence-corrected chi connectivity index (χ2v) is 7.01. The first-order valence-corrected chi connectivity index (χ1v) is 9.30. The summed E-state index contributed by atoms with van der Waals surface area (Å²) in [7, 11) is 0. The number of carbonyl (C=O) groups is 2. The third-order valence-electron chi connectivity index (χ3n) is 4.87. The van der Waals surface area contributed by atoms with Crippen LogP contribution in [-0.4, -0.2) is 23.3 Å². The number of rotatable bonds is 4. The maximum absolute atomic E-state index is 12.8. The Kier molecular flexibility index (Phi) is 4.89. The molecule has 0 atom stereocenters. The van der Waals surface area contributed by atoms with Crippen LogP contribution in [0.5, 0.6) is 0 Å². The van der Waals surface area contributed by atoms with E-state index in [0.717, 1.165) is 28.8 Å². The van der Waals surface area contributed by atoms with Gasteiger partial charge in [-0.05, 0) is 48.7 Å². The first-order chi connectivity index (χ1) is 13.6. The van der Waals surface area contributed by atoms with Gasteiger partial charge in [0.25, 0.3) is 5.91 Å². The second kappa shape index (κ2) is 7.64. The average Bonchev–Trinajstić information content (AvgIpc) is 3.11. The lowest BCUT2D eigenvalue weighted by molar-refractivity contribution is -0.115. The average molecular weight is 371 g/mol. The number of nitrogens with one attached hydrogen (secondary N) is 1. The van der Waals surface area contributed by atoms with Gasteiger partial charge in [0.2, 0.25) is 5.91 Å². The number of hydrogen-bond donors (Lipinski definition) is 1. The number of aryl methyl sites for hydroxylation is 1. The minimum atomic E-state index is -0.0753. The summed E-state index contributed by atoms with van der Waals surface area (Å²) in [6.07, 6.45) is 4.35. The number of benzene rings is 2. The fourth-order valence-electron chi connectivity index (χ4n) is 3.53. The molecule has 1 aliphatic rings. The van der Waals surface area contributed by atoms with Gasteiger partial charge in [-0.1, -0.05) is 35.9 Å². The van der Waals surface area contributed by atoms with Gasteiger partial charge in [-0.25, -0.2) is 0 Å². The van der Waals surface area contributed by atoms with Crippen LogP contribution in [0.15, 0.2) is 67.0 Å². The molecule has 28 heavy (non-hydrogen) atoms. The molecule has 0 fully saturated rings. The molecule has 0 radical (unpaired) electrons. The zero-order valence-corrected chi connectivity index (χ0v) is 15.7. The fourth-order valence-corrected chi connectivity index (χ4v) is 3.53. The zero-order chi connectivity index (χ0) is 19.5. The summed E-state index contributed by atoms with van der Waals surface area (Å²) >= 11 is 0. The summed E-state index contributed by atoms with van der Waals surface area (Å²) in [6, 6.07) is 17.2. The Morgan fingerprint density at radius 1 is 1.11 bits per heavy atom. The van der Waals surface area contributed by atoms with Gasteiger partial charge in [-0.15, -0.1) is 0 Å². The van der Waals surface area contributed by atoms with Crippen molar-refractivity contribution in [3.8, 4) is 0 Å². The third kappa shape index (κ3) is 3.78. The van der Waals surface area contributed by atoms with E-state index in [-0.39, 0.29) is 11.8 Å². The molecule has 5 nitrogen and oxygen atoms in total. The minimum Gasteiger partial charge on any atom is -0.326 e. The SMILES string of the molecule is Cc1cccc(CC(=O)Nc2ccc3c(c2)N(C(=O)c2cccnc2)CC3)c1. The third-order valence-corrected chi connectivity index (χ3v) is 4.87. The normalized spacial score (nSPS) is 12.5. The Morgan fingerprint density at radius 2 is 2.00 bits per heavy atom. The first kappa shape index (κ1) is 17.9. The molecule has 2 aromatic carbocycles. The quantitative estimate of drug-likeness (QED) is 0.759. The maximum atomic E-state index is 12.8. The number of aromatic nitrogens is 1. The van der Waals surface area contributed by atoms with E-state index in [1.807, 2.05) is 49.4 Å². The van der Waals surface area contributed by atoms with Crippen LogP contribution in [0.3, 0.4) is 0 Å². The molecule has 3 aromatic rings. The lowest BCUT2D eigenvalue weighted by atomic mass is 10.1. The molecule has 0 spiro atoms.